The zero-order valence-corrected chi connectivity index (χ0v) is 19.9. The summed E-state index contributed by atoms with van der Waals surface area (Å²) in [5.41, 5.74) is 3.17. The number of carbonyl (C=O) groups is 2. The van der Waals surface area contributed by atoms with E-state index in [0.717, 1.165) is 11.3 Å². The molecule has 0 spiro atoms. The molecule has 2 N–H and O–H groups in total. The summed E-state index contributed by atoms with van der Waals surface area (Å²) in [5, 5.41) is 10.1. The Morgan fingerprint density at radius 1 is 0.970 bits per heavy atom. The third-order valence-corrected chi connectivity index (χ3v) is 5.61. The molecule has 3 aromatic rings. The van der Waals surface area contributed by atoms with Gasteiger partial charge in [-0.15, -0.1) is 0 Å². The molecule has 0 aliphatic heterocycles. The van der Waals surface area contributed by atoms with Crippen LogP contribution >= 0.6 is 0 Å². The van der Waals surface area contributed by atoms with Crippen LogP contribution in [-0.2, 0) is 12.5 Å². The Morgan fingerprint density at radius 3 is 2.21 bits per heavy atom. The molecule has 0 radical (unpaired) electrons. The molecule has 1 aromatic heterocycles. The summed E-state index contributed by atoms with van der Waals surface area (Å²) in [4.78, 5) is 25.1. The molecule has 0 aliphatic carbocycles. The molecule has 0 aliphatic rings. The standard InChI is InChI=1S/C25H30N4O4/c1-16-13-20(28-29(16)4)24(31)26-15-25(2,3)18-8-10-19(11-9-18)27-23(30)17-7-12-21(32-5)22(14-17)33-6/h7-14H,15H2,1-6H3,(H,26,31)(H,27,30). The highest BCUT2D eigenvalue weighted by atomic mass is 16.5. The van der Waals surface area contributed by atoms with Crippen LogP contribution in [-0.4, -0.2) is 42.4 Å². The lowest BCUT2D eigenvalue weighted by Gasteiger charge is -2.25. The van der Waals surface area contributed by atoms with Crippen LogP contribution in [0.15, 0.2) is 48.5 Å². The summed E-state index contributed by atoms with van der Waals surface area (Å²) in [7, 11) is 4.88. The molecular weight excluding hydrogens is 420 g/mol. The molecule has 174 valence electrons. The van der Waals surface area contributed by atoms with Gasteiger partial charge in [0.15, 0.2) is 11.5 Å². The number of amides is 2. The largest absolute Gasteiger partial charge is 0.493 e. The van der Waals surface area contributed by atoms with Gasteiger partial charge in [-0.05, 0) is 48.9 Å². The molecule has 8 heteroatoms. The Hall–Kier alpha value is -3.81. The maximum absolute atomic E-state index is 12.6. The number of aryl methyl sites for hydroxylation is 2. The van der Waals surface area contributed by atoms with Gasteiger partial charge >= 0.3 is 0 Å². The van der Waals surface area contributed by atoms with Crippen molar-refractivity contribution in [3.05, 3.63) is 71.0 Å². The average molecular weight is 451 g/mol. The molecule has 0 fully saturated rings. The number of nitrogens with one attached hydrogen (secondary N) is 2. The number of anilines is 1. The van der Waals surface area contributed by atoms with Crippen LogP contribution < -0.4 is 20.1 Å². The van der Waals surface area contributed by atoms with Gasteiger partial charge in [0.25, 0.3) is 11.8 Å². The van der Waals surface area contributed by atoms with Crippen molar-refractivity contribution in [2.45, 2.75) is 26.2 Å². The Bertz CT molecular complexity index is 1130. The normalized spacial score (nSPS) is 11.1. The smallest absolute Gasteiger partial charge is 0.271 e. The highest BCUT2D eigenvalue weighted by Crippen LogP contribution is 2.28. The number of hydrogen-bond acceptors (Lipinski definition) is 5. The van der Waals surface area contributed by atoms with E-state index in [2.05, 4.69) is 15.7 Å². The average Bonchev–Trinajstić information content (AvgIpc) is 3.15. The van der Waals surface area contributed by atoms with Crippen molar-refractivity contribution in [3.63, 3.8) is 0 Å². The van der Waals surface area contributed by atoms with Crippen LogP contribution in [0.3, 0.4) is 0 Å². The number of nitrogens with zero attached hydrogens (tertiary/aromatic N) is 2. The number of ether oxygens (including phenoxy) is 2. The van der Waals surface area contributed by atoms with Gasteiger partial charge in [0.05, 0.1) is 14.2 Å². The van der Waals surface area contributed by atoms with Gasteiger partial charge in [-0.2, -0.15) is 5.10 Å². The van der Waals surface area contributed by atoms with E-state index in [-0.39, 0.29) is 17.2 Å². The Labute approximate surface area is 193 Å². The van der Waals surface area contributed by atoms with Gasteiger partial charge in [0.2, 0.25) is 0 Å². The highest BCUT2D eigenvalue weighted by molar-refractivity contribution is 6.04. The van der Waals surface area contributed by atoms with E-state index < -0.39 is 0 Å². The van der Waals surface area contributed by atoms with Gasteiger partial charge in [-0.3, -0.25) is 14.3 Å². The van der Waals surface area contributed by atoms with Gasteiger partial charge in [-0.25, -0.2) is 0 Å². The van der Waals surface area contributed by atoms with Gasteiger partial charge in [-0.1, -0.05) is 26.0 Å². The minimum atomic E-state index is -0.314. The lowest BCUT2D eigenvalue weighted by atomic mass is 9.84. The van der Waals surface area contributed by atoms with E-state index in [9.17, 15) is 9.59 Å². The van der Waals surface area contributed by atoms with Crippen LogP contribution in [0.5, 0.6) is 11.5 Å². The van der Waals surface area contributed by atoms with E-state index in [0.29, 0.717) is 35.0 Å². The number of carbonyl (C=O) groups excluding carboxylic acids is 2. The molecule has 0 unspecified atom stereocenters. The molecule has 3 rings (SSSR count). The molecule has 2 amide bonds. The first-order valence-electron chi connectivity index (χ1n) is 10.6. The molecule has 0 atom stereocenters. The summed E-state index contributed by atoms with van der Waals surface area (Å²) >= 11 is 0. The molecule has 0 saturated heterocycles. The lowest BCUT2D eigenvalue weighted by molar-refractivity contribution is 0.0939. The van der Waals surface area contributed by atoms with Crippen molar-refractivity contribution >= 4 is 17.5 Å². The van der Waals surface area contributed by atoms with E-state index in [1.807, 2.05) is 52.1 Å². The number of benzene rings is 2. The second kappa shape index (κ2) is 9.77. The molecule has 0 saturated carbocycles. The lowest BCUT2D eigenvalue weighted by Crippen LogP contribution is -2.36. The molecule has 0 bridgehead atoms. The topological polar surface area (TPSA) is 94.5 Å². The number of methoxy groups -OCH3 is 2. The van der Waals surface area contributed by atoms with Crippen LogP contribution in [0.4, 0.5) is 5.69 Å². The predicted molar refractivity (Wildman–Crippen MR) is 127 cm³/mol. The quantitative estimate of drug-likeness (QED) is 0.546. The summed E-state index contributed by atoms with van der Waals surface area (Å²) in [6, 6.07) is 14.4. The van der Waals surface area contributed by atoms with Gasteiger partial charge in [0, 0.05) is 36.0 Å². The fraction of sp³-hybridized carbons (Fsp3) is 0.320. The van der Waals surface area contributed by atoms with Crippen molar-refractivity contribution in [2.24, 2.45) is 7.05 Å². The molecule has 1 heterocycles. The first-order valence-corrected chi connectivity index (χ1v) is 10.6. The fourth-order valence-corrected chi connectivity index (χ4v) is 3.35. The summed E-state index contributed by atoms with van der Waals surface area (Å²) < 4.78 is 12.2. The van der Waals surface area contributed by atoms with Crippen LogP contribution in [0.2, 0.25) is 0 Å². The fourth-order valence-electron chi connectivity index (χ4n) is 3.35. The van der Waals surface area contributed by atoms with E-state index >= 15 is 0 Å². The van der Waals surface area contributed by atoms with Gasteiger partial charge < -0.3 is 20.1 Å². The summed E-state index contributed by atoms with van der Waals surface area (Å²) in [5.74, 6) is 0.600. The predicted octanol–water partition coefficient (Wildman–Crippen LogP) is 3.71. The maximum Gasteiger partial charge on any atom is 0.271 e. The second-order valence-corrected chi connectivity index (χ2v) is 8.46. The molecule has 33 heavy (non-hydrogen) atoms. The maximum atomic E-state index is 12.6. The molecular formula is C25H30N4O4. The first-order chi connectivity index (χ1) is 15.6. The minimum Gasteiger partial charge on any atom is -0.493 e. The highest BCUT2D eigenvalue weighted by Gasteiger charge is 2.23. The van der Waals surface area contributed by atoms with E-state index in [1.54, 1.807) is 36.1 Å². The Morgan fingerprint density at radius 2 is 1.64 bits per heavy atom. The third kappa shape index (κ3) is 5.52. The zero-order valence-electron chi connectivity index (χ0n) is 19.9. The number of rotatable bonds is 8. The van der Waals surface area contributed by atoms with E-state index in [1.165, 1.54) is 7.11 Å². The van der Waals surface area contributed by atoms with E-state index in [4.69, 9.17) is 9.47 Å². The second-order valence-electron chi connectivity index (χ2n) is 8.46. The van der Waals surface area contributed by atoms with Crippen LogP contribution in [0, 0.1) is 6.92 Å². The summed E-state index contributed by atoms with van der Waals surface area (Å²) in [6.07, 6.45) is 0. The number of aromatic nitrogens is 2. The Kier molecular flexibility index (Phi) is 7.06. The van der Waals surface area contributed by atoms with Gasteiger partial charge in [0.1, 0.15) is 5.69 Å². The third-order valence-electron chi connectivity index (χ3n) is 5.61. The van der Waals surface area contributed by atoms with Crippen molar-refractivity contribution < 1.29 is 19.1 Å². The minimum absolute atomic E-state index is 0.203. The van der Waals surface area contributed by atoms with Crippen LogP contribution in [0.1, 0.15) is 46.0 Å². The van der Waals surface area contributed by atoms with Crippen molar-refractivity contribution in [2.75, 3.05) is 26.1 Å². The first kappa shape index (κ1) is 23.8. The molecule has 2 aromatic carbocycles. The monoisotopic (exact) mass is 450 g/mol. The Balaban J connectivity index is 1.63. The van der Waals surface area contributed by atoms with Crippen molar-refractivity contribution in [3.8, 4) is 11.5 Å². The van der Waals surface area contributed by atoms with Crippen molar-refractivity contribution in [1.29, 1.82) is 0 Å². The van der Waals surface area contributed by atoms with Crippen LogP contribution in [0.25, 0.3) is 0 Å². The van der Waals surface area contributed by atoms with Crippen molar-refractivity contribution in [1.82, 2.24) is 15.1 Å². The zero-order chi connectivity index (χ0) is 24.2. The molecule has 8 nitrogen and oxygen atoms in total. The summed E-state index contributed by atoms with van der Waals surface area (Å²) in [6.45, 7) is 6.44. The SMILES string of the molecule is COc1ccc(C(=O)Nc2ccc(C(C)(C)CNC(=O)c3cc(C)n(C)n3)cc2)cc1OC. The number of hydrogen-bond donors (Lipinski definition) is 2.